The lowest BCUT2D eigenvalue weighted by Crippen LogP contribution is -1.99. The summed E-state index contributed by atoms with van der Waals surface area (Å²) in [5.41, 5.74) is 0.931. The Bertz CT molecular complexity index is 297. The number of rotatable bonds is 4. The van der Waals surface area contributed by atoms with Crippen LogP contribution in [0, 0.1) is 0 Å². The molecule has 0 radical (unpaired) electrons. The van der Waals surface area contributed by atoms with Gasteiger partial charge in [-0.05, 0) is 49.9 Å². The summed E-state index contributed by atoms with van der Waals surface area (Å²) in [6, 6.07) is 5.41. The number of hydrogen-bond acceptors (Lipinski definition) is 2. The van der Waals surface area contributed by atoms with E-state index in [2.05, 4.69) is 15.9 Å². The summed E-state index contributed by atoms with van der Waals surface area (Å²) in [6.45, 7) is 1.78. The first-order valence-electron chi connectivity index (χ1n) is 4.75. The van der Waals surface area contributed by atoms with E-state index in [9.17, 15) is 5.11 Å². The van der Waals surface area contributed by atoms with Gasteiger partial charge in [0.25, 0.3) is 0 Å². The summed E-state index contributed by atoms with van der Waals surface area (Å²) in [5.74, 6) is 0.332. The van der Waals surface area contributed by atoms with Crippen LogP contribution in [0.3, 0.4) is 0 Å². The van der Waals surface area contributed by atoms with E-state index in [0.717, 1.165) is 29.3 Å². The van der Waals surface area contributed by atoms with Crippen LogP contribution in [-0.2, 0) is 6.42 Å². The van der Waals surface area contributed by atoms with Crippen LogP contribution in [0.2, 0.25) is 0 Å². The predicted octanol–water partition coefficient (Wildman–Crippen LogP) is 2.86. The first-order valence-corrected chi connectivity index (χ1v) is 5.54. The summed E-state index contributed by atoms with van der Waals surface area (Å²) in [5, 5.41) is 18.6. The third kappa shape index (κ3) is 3.68. The van der Waals surface area contributed by atoms with Crippen LogP contribution in [0.1, 0.15) is 25.3 Å². The molecule has 0 aliphatic rings. The van der Waals surface area contributed by atoms with Crippen LogP contribution in [0.25, 0.3) is 0 Å². The molecule has 0 spiro atoms. The van der Waals surface area contributed by atoms with Gasteiger partial charge in [-0.15, -0.1) is 0 Å². The Morgan fingerprint density at radius 3 is 2.79 bits per heavy atom. The third-order valence-electron chi connectivity index (χ3n) is 2.11. The topological polar surface area (TPSA) is 40.5 Å². The Kier molecular flexibility index (Phi) is 4.42. The summed E-state index contributed by atoms with van der Waals surface area (Å²) < 4.78 is 0.974. The lowest BCUT2D eigenvalue weighted by molar-refractivity contribution is 0.181. The molecule has 0 aliphatic heterocycles. The fourth-order valence-electron chi connectivity index (χ4n) is 1.34. The maximum atomic E-state index is 9.52. The molecule has 1 unspecified atom stereocenters. The second kappa shape index (κ2) is 5.37. The molecule has 1 atom stereocenters. The van der Waals surface area contributed by atoms with Gasteiger partial charge >= 0.3 is 0 Å². The molecule has 0 saturated carbocycles. The molecule has 0 bridgehead atoms. The molecule has 14 heavy (non-hydrogen) atoms. The normalized spacial score (nSPS) is 12.8. The second-order valence-corrected chi connectivity index (χ2v) is 4.43. The van der Waals surface area contributed by atoms with Crippen LogP contribution in [0.5, 0.6) is 5.75 Å². The van der Waals surface area contributed by atoms with Crippen LogP contribution in [0.15, 0.2) is 22.7 Å². The molecule has 0 saturated heterocycles. The van der Waals surface area contributed by atoms with Crippen molar-refractivity contribution in [2.75, 3.05) is 0 Å². The smallest absolute Gasteiger partial charge is 0.118 e. The van der Waals surface area contributed by atoms with Gasteiger partial charge in [-0.2, -0.15) is 0 Å². The predicted molar refractivity (Wildman–Crippen MR) is 60.4 cm³/mol. The Hall–Kier alpha value is -0.540. The van der Waals surface area contributed by atoms with Gasteiger partial charge in [0.15, 0.2) is 0 Å². The van der Waals surface area contributed by atoms with Crippen molar-refractivity contribution in [2.24, 2.45) is 0 Å². The molecule has 3 heteroatoms. The quantitative estimate of drug-likeness (QED) is 0.872. The number of halogens is 1. The minimum atomic E-state index is -0.260. The number of hydrogen-bond donors (Lipinski definition) is 2. The van der Waals surface area contributed by atoms with Crippen LogP contribution < -0.4 is 0 Å². The third-order valence-corrected chi connectivity index (χ3v) is 2.60. The Morgan fingerprint density at radius 2 is 2.14 bits per heavy atom. The monoisotopic (exact) mass is 258 g/mol. The van der Waals surface area contributed by atoms with Crippen molar-refractivity contribution in [3.63, 3.8) is 0 Å². The van der Waals surface area contributed by atoms with E-state index in [0.29, 0.717) is 5.75 Å². The van der Waals surface area contributed by atoms with E-state index in [-0.39, 0.29) is 6.10 Å². The van der Waals surface area contributed by atoms with Crippen LogP contribution in [-0.4, -0.2) is 16.3 Å². The average Bonchev–Trinajstić information content (AvgIpc) is 2.10. The summed E-state index contributed by atoms with van der Waals surface area (Å²) >= 11 is 3.36. The maximum absolute atomic E-state index is 9.52. The molecule has 0 aliphatic carbocycles. The van der Waals surface area contributed by atoms with Gasteiger partial charge in [-0.1, -0.05) is 15.9 Å². The average molecular weight is 259 g/mol. The Balaban J connectivity index is 2.53. The molecule has 0 amide bonds. The molecule has 1 aromatic rings. The molecule has 2 N–H and O–H groups in total. The van der Waals surface area contributed by atoms with E-state index in [1.165, 1.54) is 0 Å². The lowest BCUT2D eigenvalue weighted by Gasteiger charge is -2.06. The van der Waals surface area contributed by atoms with Crippen molar-refractivity contribution in [1.82, 2.24) is 0 Å². The highest BCUT2D eigenvalue weighted by Crippen LogP contribution is 2.23. The highest BCUT2D eigenvalue weighted by atomic mass is 79.9. The first kappa shape index (κ1) is 11.5. The lowest BCUT2D eigenvalue weighted by atomic mass is 10.1. The van der Waals surface area contributed by atoms with Crippen molar-refractivity contribution in [3.8, 4) is 5.75 Å². The Morgan fingerprint density at radius 1 is 1.43 bits per heavy atom. The van der Waals surface area contributed by atoms with Gasteiger partial charge < -0.3 is 10.2 Å². The van der Waals surface area contributed by atoms with E-state index in [4.69, 9.17) is 5.11 Å². The van der Waals surface area contributed by atoms with Gasteiger partial charge in [0.2, 0.25) is 0 Å². The van der Waals surface area contributed by atoms with E-state index >= 15 is 0 Å². The zero-order valence-corrected chi connectivity index (χ0v) is 9.79. The van der Waals surface area contributed by atoms with Crippen molar-refractivity contribution in [3.05, 3.63) is 28.2 Å². The fraction of sp³-hybridized carbons (Fsp3) is 0.455. The summed E-state index contributed by atoms with van der Waals surface area (Å²) in [4.78, 5) is 0. The van der Waals surface area contributed by atoms with Gasteiger partial charge in [-0.25, -0.2) is 0 Å². The van der Waals surface area contributed by atoms with E-state index in [1.54, 1.807) is 13.0 Å². The maximum Gasteiger partial charge on any atom is 0.118 e. The van der Waals surface area contributed by atoms with Crippen LogP contribution in [0.4, 0.5) is 0 Å². The number of aromatic hydroxyl groups is 1. The number of aliphatic hydroxyl groups is 1. The summed E-state index contributed by atoms with van der Waals surface area (Å²) in [7, 11) is 0. The molecule has 1 aromatic carbocycles. The van der Waals surface area contributed by atoms with E-state index < -0.39 is 0 Å². The van der Waals surface area contributed by atoms with Crippen molar-refractivity contribution in [1.29, 1.82) is 0 Å². The number of phenolic OH excluding ortho intramolecular Hbond substituents is 1. The van der Waals surface area contributed by atoms with Gasteiger partial charge in [0.1, 0.15) is 5.75 Å². The van der Waals surface area contributed by atoms with Crippen molar-refractivity contribution in [2.45, 2.75) is 32.3 Å². The van der Waals surface area contributed by atoms with Gasteiger partial charge in [0, 0.05) is 4.47 Å². The molecular formula is C11H15BrO2. The number of aryl methyl sites for hydroxylation is 1. The minimum Gasteiger partial charge on any atom is -0.508 e. The highest BCUT2D eigenvalue weighted by molar-refractivity contribution is 9.10. The van der Waals surface area contributed by atoms with Crippen LogP contribution >= 0.6 is 15.9 Å². The molecule has 0 heterocycles. The van der Waals surface area contributed by atoms with Crippen molar-refractivity contribution >= 4 is 15.9 Å². The SMILES string of the molecule is CC(O)CCCc1cc(Br)ccc1O. The molecule has 2 nitrogen and oxygen atoms in total. The first-order chi connectivity index (χ1) is 6.59. The van der Waals surface area contributed by atoms with E-state index in [1.807, 2.05) is 12.1 Å². The number of phenols is 1. The zero-order valence-electron chi connectivity index (χ0n) is 8.20. The molecule has 0 fully saturated rings. The van der Waals surface area contributed by atoms with Gasteiger partial charge in [-0.3, -0.25) is 0 Å². The van der Waals surface area contributed by atoms with Gasteiger partial charge in [0.05, 0.1) is 6.10 Å². The number of aliphatic hydroxyl groups excluding tert-OH is 1. The molecule has 0 aromatic heterocycles. The molecule has 1 rings (SSSR count). The summed E-state index contributed by atoms with van der Waals surface area (Å²) in [6.07, 6.45) is 2.20. The second-order valence-electron chi connectivity index (χ2n) is 3.51. The Labute approximate surface area is 92.7 Å². The minimum absolute atomic E-state index is 0.260. The highest BCUT2D eigenvalue weighted by Gasteiger charge is 2.02. The largest absolute Gasteiger partial charge is 0.508 e. The molecular weight excluding hydrogens is 244 g/mol. The molecule has 78 valence electrons. The number of benzene rings is 1. The zero-order chi connectivity index (χ0) is 10.6. The standard InChI is InChI=1S/C11H15BrO2/c1-8(13)3-2-4-9-7-10(12)5-6-11(9)14/h5-8,13-14H,2-4H2,1H3. The fourth-order valence-corrected chi connectivity index (χ4v) is 1.75. The van der Waals surface area contributed by atoms with Crippen molar-refractivity contribution < 1.29 is 10.2 Å².